The number of carbonyl (C=O) groups is 3. The molecule has 34 heavy (non-hydrogen) atoms. The maximum atomic E-state index is 12.2. The van der Waals surface area contributed by atoms with Gasteiger partial charge in [-0.15, -0.1) is 0 Å². The van der Waals surface area contributed by atoms with E-state index in [0.717, 1.165) is 0 Å². The predicted molar refractivity (Wildman–Crippen MR) is 118 cm³/mol. The summed E-state index contributed by atoms with van der Waals surface area (Å²) < 4.78 is 38.9. The maximum Gasteiger partial charge on any atom is 0.387 e. The van der Waals surface area contributed by atoms with Crippen LogP contribution in [0.4, 0.5) is 14.5 Å². The van der Waals surface area contributed by atoms with Gasteiger partial charge in [-0.3, -0.25) is 14.4 Å². The second-order valence-corrected chi connectivity index (χ2v) is 6.73. The van der Waals surface area contributed by atoms with E-state index in [0.29, 0.717) is 22.7 Å². The zero-order chi connectivity index (χ0) is 24.3. The summed E-state index contributed by atoms with van der Waals surface area (Å²) in [5, 5.41) is 4.83. The molecule has 3 rings (SSSR count). The van der Waals surface area contributed by atoms with Gasteiger partial charge in [0, 0.05) is 11.3 Å². The SMILES string of the molecule is O=C(COC(=O)CNC(=O)c1ccc(Oc2ccccc2)cc1)Nc1ccc(OC(F)F)cc1. The van der Waals surface area contributed by atoms with Gasteiger partial charge in [-0.05, 0) is 60.7 Å². The van der Waals surface area contributed by atoms with Crippen molar-refractivity contribution in [2.24, 2.45) is 0 Å². The lowest BCUT2D eigenvalue weighted by atomic mass is 10.2. The van der Waals surface area contributed by atoms with Gasteiger partial charge in [0.2, 0.25) is 0 Å². The van der Waals surface area contributed by atoms with Crippen molar-refractivity contribution in [1.29, 1.82) is 0 Å². The van der Waals surface area contributed by atoms with Gasteiger partial charge < -0.3 is 24.8 Å². The number of ether oxygens (including phenoxy) is 3. The molecule has 0 aliphatic rings. The third-order valence-electron chi connectivity index (χ3n) is 4.22. The maximum absolute atomic E-state index is 12.2. The normalized spacial score (nSPS) is 10.3. The second-order valence-electron chi connectivity index (χ2n) is 6.73. The summed E-state index contributed by atoms with van der Waals surface area (Å²) in [5.41, 5.74) is 0.612. The number of alkyl halides is 2. The van der Waals surface area contributed by atoms with E-state index in [1.807, 2.05) is 18.2 Å². The number of carbonyl (C=O) groups excluding carboxylic acids is 3. The molecule has 3 aromatic rings. The first-order valence-corrected chi connectivity index (χ1v) is 10.0. The molecule has 0 atom stereocenters. The van der Waals surface area contributed by atoms with Crippen LogP contribution in [0.2, 0.25) is 0 Å². The van der Waals surface area contributed by atoms with E-state index in [-0.39, 0.29) is 5.75 Å². The van der Waals surface area contributed by atoms with Crippen LogP contribution >= 0.6 is 0 Å². The lowest BCUT2D eigenvalue weighted by molar-refractivity contribution is -0.146. The van der Waals surface area contributed by atoms with E-state index in [9.17, 15) is 23.2 Å². The average Bonchev–Trinajstić information content (AvgIpc) is 2.83. The molecule has 0 fully saturated rings. The van der Waals surface area contributed by atoms with Crippen LogP contribution in [0.3, 0.4) is 0 Å². The Morgan fingerprint density at radius 3 is 2.06 bits per heavy atom. The first-order chi connectivity index (χ1) is 16.4. The van der Waals surface area contributed by atoms with Gasteiger partial charge in [-0.1, -0.05) is 18.2 Å². The molecule has 2 amide bonds. The Hall–Kier alpha value is -4.47. The molecular weight excluding hydrogens is 450 g/mol. The van der Waals surface area contributed by atoms with Crippen LogP contribution < -0.4 is 20.1 Å². The second kappa shape index (κ2) is 12.0. The lowest BCUT2D eigenvalue weighted by Gasteiger charge is -2.09. The van der Waals surface area contributed by atoms with Crippen molar-refractivity contribution < 1.29 is 37.4 Å². The summed E-state index contributed by atoms with van der Waals surface area (Å²) in [4.78, 5) is 35.9. The Balaban J connectivity index is 1.37. The van der Waals surface area contributed by atoms with Gasteiger partial charge in [-0.25, -0.2) is 0 Å². The summed E-state index contributed by atoms with van der Waals surface area (Å²) in [6, 6.07) is 20.7. The summed E-state index contributed by atoms with van der Waals surface area (Å²) >= 11 is 0. The first-order valence-electron chi connectivity index (χ1n) is 10.0. The number of para-hydroxylation sites is 1. The molecule has 176 valence electrons. The minimum Gasteiger partial charge on any atom is -0.457 e. The largest absolute Gasteiger partial charge is 0.457 e. The van der Waals surface area contributed by atoms with E-state index in [1.165, 1.54) is 24.3 Å². The van der Waals surface area contributed by atoms with Crippen molar-refractivity contribution >= 4 is 23.5 Å². The highest BCUT2D eigenvalue weighted by Crippen LogP contribution is 2.21. The van der Waals surface area contributed by atoms with Gasteiger partial charge >= 0.3 is 12.6 Å². The van der Waals surface area contributed by atoms with Gasteiger partial charge in [0.15, 0.2) is 6.61 Å². The smallest absolute Gasteiger partial charge is 0.387 e. The van der Waals surface area contributed by atoms with Gasteiger partial charge in [-0.2, -0.15) is 8.78 Å². The molecule has 0 aliphatic carbocycles. The fraction of sp³-hybridized carbons (Fsp3) is 0.125. The zero-order valence-electron chi connectivity index (χ0n) is 17.7. The van der Waals surface area contributed by atoms with Crippen molar-refractivity contribution in [3.63, 3.8) is 0 Å². The van der Waals surface area contributed by atoms with Crippen LogP contribution in [0, 0.1) is 0 Å². The van der Waals surface area contributed by atoms with Crippen LogP contribution in [0.5, 0.6) is 17.2 Å². The molecule has 0 saturated carbocycles. The topological polar surface area (TPSA) is 103 Å². The van der Waals surface area contributed by atoms with Crippen molar-refractivity contribution in [2.45, 2.75) is 6.61 Å². The van der Waals surface area contributed by atoms with Crippen LogP contribution in [0.1, 0.15) is 10.4 Å². The van der Waals surface area contributed by atoms with E-state index < -0.39 is 37.5 Å². The first kappa shape index (κ1) is 24.2. The number of esters is 1. The third kappa shape index (κ3) is 7.90. The molecule has 2 N–H and O–H groups in total. The van der Waals surface area contributed by atoms with Crippen LogP contribution in [0.15, 0.2) is 78.9 Å². The predicted octanol–water partition coefficient (Wildman–Crippen LogP) is 3.99. The Morgan fingerprint density at radius 2 is 1.41 bits per heavy atom. The molecule has 10 heteroatoms. The molecule has 0 aliphatic heterocycles. The fourth-order valence-electron chi connectivity index (χ4n) is 2.67. The van der Waals surface area contributed by atoms with Crippen LogP contribution in [-0.2, 0) is 14.3 Å². The molecule has 0 saturated heterocycles. The van der Waals surface area contributed by atoms with Crippen molar-refractivity contribution in [1.82, 2.24) is 5.32 Å². The summed E-state index contributed by atoms with van der Waals surface area (Å²) in [7, 11) is 0. The summed E-state index contributed by atoms with van der Waals surface area (Å²) in [5.74, 6) is -0.815. The standard InChI is InChI=1S/C24H20F2N2O6/c25-24(26)34-20-12-8-17(9-13-20)28-21(29)15-32-22(30)14-27-23(31)16-6-10-19(11-7-16)33-18-4-2-1-3-5-18/h1-13,24H,14-15H2,(H,27,31)(H,28,29). The average molecular weight is 470 g/mol. The van der Waals surface area contributed by atoms with Gasteiger partial charge in [0.25, 0.3) is 11.8 Å². The minimum absolute atomic E-state index is 0.0615. The van der Waals surface area contributed by atoms with Gasteiger partial charge in [0.05, 0.1) is 0 Å². The Kier molecular flexibility index (Phi) is 8.50. The number of nitrogens with one attached hydrogen (secondary N) is 2. The number of hydrogen-bond donors (Lipinski definition) is 2. The third-order valence-corrected chi connectivity index (χ3v) is 4.22. The molecule has 8 nitrogen and oxygen atoms in total. The van der Waals surface area contributed by atoms with Crippen molar-refractivity contribution in [3.8, 4) is 17.2 Å². The molecule has 0 aromatic heterocycles. The minimum atomic E-state index is -2.95. The van der Waals surface area contributed by atoms with Gasteiger partial charge in [0.1, 0.15) is 23.8 Å². The monoisotopic (exact) mass is 470 g/mol. The number of halogens is 2. The number of benzene rings is 3. The summed E-state index contributed by atoms with van der Waals surface area (Å²) in [6.07, 6.45) is 0. The highest BCUT2D eigenvalue weighted by atomic mass is 19.3. The Morgan fingerprint density at radius 1 is 0.794 bits per heavy atom. The molecule has 0 spiro atoms. The molecule has 0 heterocycles. The highest BCUT2D eigenvalue weighted by molar-refractivity contribution is 5.96. The van der Waals surface area contributed by atoms with E-state index in [2.05, 4.69) is 15.4 Å². The molecular formula is C24H20F2N2O6. The fourth-order valence-corrected chi connectivity index (χ4v) is 2.67. The highest BCUT2D eigenvalue weighted by Gasteiger charge is 2.12. The Bertz CT molecular complexity index is 1110. The van der Waals surface area contributed by atoms with Crippen LogP contribution in [0.25, 0.3) is 0 Å². The van der Waals surface area contributed by atoms with E-state index in [1.54, 1.807) is 36.4 Å². The van der Waals surface area contributed by atoms with E-state index >= 15 is 0 Å². The summed E-state index contributed by atoms with van der Waals surface area (Å²) in [6.45, 7) is -3.97. The lowest BCUT2D eigenvalue weighted by Crippen LogP contribution is -2.32. The van der Waals surface area contributed by atoms with E-state index in [4.69, 9.17) is 9.47 Å². The molecule has 0 radical (unpaired) electrons. The zero-order valence-corrected chi connectivity index (χ0v) is 17.7. The molecule has 0 unspecified atom stereocenters. The van der Waals surface area contributed by atoms with Crippen LogP contribution in [-0.4, -0.2) is 37.5 Å². The Labute approximate surface area is 193 Å². The number of amides is 2. The quantitative estimate of drug-likeness (QED) is 0.435. The molecule has 0 bridgehead atoms. The number of hydrogen-bond acceptors (Lipinski definition) is 6. The van der Waals surface area contributed by atoms with Crippen molar-refractivity contribution in [2.75, 3.05) is 18.5 Å². The number of rotatable bonds is 10. The van der Waals surface area contributed by atoms with Crippen molar-refractivity contribution in [3.05, 3.63) is 84.4 Å². The molecule has 3 aromatic carbocycles. The number of anilines is 1.